The minimum Gasteiger partial charge on any atom is -0.460 e. The number of hydrogen-bond acceptors (Lipinski definition) is 4. The molecule has 1 saturated carbocycles. The fourth-order valence-electron chi connectivity index (χ4n) is 1.63. The molecule has 1 aliphatic rings. The molecule has 2 rings (SSSR count). The molecule has 4 nitrogen and oxygen atoms in total. The first-order valence-electron chi connectivity index (χ1n) is 5.25. The van der Waals surface area contributed by atoms with Gasteiger partial charge in [0.05, 0.1) is 11.3 Å². The van der Waals surface area contributed by atoms with Crippen LogP contribution in [0.3, 0.4) is 0 Å². The van der Waals surface area contributed by atoms with Crippen LogP contribution in [-0.4, -0.2) is 15.5 Å². The maximum absolute atomic E-state index is 11.8. The molecule has 0 aliphatic heterocycles. The van der Waals surface area contributed by atoms with Crippen LogP contribution in [0.15, 0.2) is 4.52 Å². The smallest absolute Gasteiger partial charge is 0.315 e. The Bertz CT molecular complexity index is 450. The van der Waals surface area contributed by atoms with Crippen molar-refractivity contribution in [3.8, 4) is 0 Å². The van der Waals surface area contributed by atoms with Gasteiger partial charge in [-0.05, 0) is 20.8 Å². The van der Waals surface area contributed by atoms with E-state index in [4.69, 9.17) is 32.5 Å². The molecular formula is C11H13Cl2NO3. The maximum Gasteiger partial charge on any atom is 0.315 e. The largest absolute Gasteiger partial charge is 0.460 e. The summed E-state index contributed by atoms with van der Waals surface area (Å²) in [5, 5.41) is 3.78. The van der Waals surface area contributed by atoms with Gasteiger partial charge >= 0.3 is 5.97 Å². The van der Waals surface area contributed by atoms with Crippen LogP contribution < -0.4 is 0 Å². The summed E-state index contributed by atoms with van der Waals surface area (Å²) in [6, 6.07) is 0. The van der Waals surface area contributed by atoms with Gasteiger partial charge in [0, 0.05) is 6.42 Å². The zero-order valence-electron chi connectivity index (χ0n) is 9.84. The zero-order valence-corrected chi connectivity index (χ0v) is 11.4. The topological polar surface area (TPSA) is 52.3 Å². The van der Waals surface area contributed by atoms with E-state index in [9.17, 15) is 4.79 Å². The van der Waals surface area contributed by atoms with Gasteiger partial charge in [0.1, 0.15) is 22.1 Å². The van der Waals surface area contributed by atoms with Crippen LogP contribution in [0.5, 0.6) is 0 Å². The number of rotatable bonds is 3. The first-order chi connectivity index (χ1) is 7.78. The second-order valence-electron chi connectivity index (χ2n) is 4.59. The second kappa shape index (κ2) is 3.89. The fourth-order valence-corrected chi connectivity index (χ4v) is 2.32. The number of halogens is 2. The molecule has 1 atom stereocenters. The number of alkyl halides is 2. The number of carbonyl (C=O) groups excluding carboxylic acids is 1. The van der Waals surface area contributed by atoms with E-state index in [-0.39, 0.29) is 12.6 Å². The highest BCUT2D eigenvalue weighted by atomic mass is 35.5. The van der Waals surface area contributed by atoms with E-state index in [1.54, 1.807) is 20.8 Å². The van der Waals surface area contributed by atoms with E-state index in [0.29, 0.717) is 12.2 Å². The summed E-state index contributed by atoms with van der Waals surface area (Å²) >= 11 is 11.8. The Balaban J connectivity index is 1.99. The van der Waals surface area contributed by atoms with E-state index in [1.807, 2.05) is 0 Å². The van der Waals surface area contributed by atoms with Crippen LogP contribution in [0.25, 0.3) is 0 Å². The first-order valence-corrected chi connectivity index (χ1v) is 6.00. The van der Waals surface area contributed by atoms with Crippen molar-refractivity contribution in [3.05, 3.63) is 17.0 Å². The zero-order chi connectivity index (χ0) is 12.8. The average molecular weight is 278 g/mol. The third-order valence-corrected chi connectivity index (χ3v) is 4.34. The van der Waals surface area contributed by atoms with E-state index >= 15 is 0 Å². The van der Waals surface area contributed by atoms with Crippen LogP contribution in [-0.2, 0) is 16.1 Å². The van der Waals surface area contributed by atoms with E-state index in [1.165, 1.54) is 0 Å². The number of nitrogens with zero attached hydrogens (tertiary/aromatic N) is 1. The summed E-state index contributed by atoms with van der Waals surface area (Å²) in [5.41, 5.74) is 0.714. The Morgan fingerprint density at radius 3 is 2.53 bits per heavy atom. The van der Waals surface area contributed by atoms with Crippen molar-refractivity contribution in [2.45, 2.75) is 38.1 Å². The Morgan fingerprint density at radius 2 is 2.12 bits per heavy atom. The Kier molecular flexibility index (Phi) is 2.91. The molecule has 0 saturated heterocycles. The number of hydrogen-bond donors (Lipinski definition) is 0. The van der Waals surface area contributed by atoms with Crippen LogP contribution in [0.2, 0.25) is 0 Å². The molecular weight excluding hydrogens is 265 g/mol. The lowest BCUT2D eigenvalue weighted by Gasteiger charge is -2.11. The highest BCUT2D eigenvalue weighted by molar-refractivity contribution is 6.53. The summed E-state index contributed by atoms with van der Waals surface area (Å²) < 4.78 is 9.18. The summed E-state index contributed by atoms with van der Waals surface area (Å²) in [4.78, 5) is 11.8. The Labute approximate surface area is 109 Å². The molecule has 0 aromatic carbocycles. The average Bonchev–Trinajstić information content (AvgIpc) is 2.58. The Morgan fingerprint density at radius 1 is 1.53 bits per heavy atom. The van der Waals surface area contributed by atoms with Gasteiger partial charge in [-0.15, -0.1) is 23.2 Å². The van der Waals surface area contributed by atoms with Crippen LogP contribution in [0.4, 0.5) is 0 Å². The van der Waals surface area contributed by atoms with Gasteiger partial charge < -0.3 is 9.26 Å². The lowest BCUT2D eigenvalue weighted by atomic mass is 10.1. The highest BCUT2D eigenvalue weighted by Gasteiger charge is 2.69. The van der Waals surface area contributed by atoms with E-state index in [2.05, 4.69) is 5.16 Å². The van der Waals surface area contributed by atoms with Crippen molar-refractivity contribution < 1.29 is 14.1 Å². The van der Waals surface area contributed by atoms with Crippen LogP contribution in [0, 0.1) is 19.3 Å². The summed E-state index contributed by atoms with van der Waals surface area (Å²) in [6.45, 7) is 5.41. The van der Waals surface area contributed by atoms with Crippen LogP contribution in [0.1, 0.15) is 30.4 Å². The molecule has 1 heterocycles. The first kappa shape index (κ1) is 12.7. The van der Waals surface area contributed by atoms with E-state index in [0.717, 1.165) is 11.3 Å². The molecule has 17 heavy (non-hydrogen) atoms. The van der Waals surface area contributed by atoms with Crippen molar-refractivity contribution in [2.24, 2.45) is 5.41 Å². The molecule has 0 amide bonds. The van der Waals surface area contributed by atoms with Crippen molar-refractivity contribution >= 4 is 29.2 Å². The van der Waals surface area contributed by atoms with E-state index < -0.39 is 9.75 Å². The minimum absolute atomic E-state index is 0.138. The number of ether oxygens (including phenoxy) is 1. The molecule has 0 bridgehead atoms. The minimum atomic E-state index is -0.997. The number of aromatic nitrogens is 1. The molecule has 1 unspecified atom stereocenters. The van der Waals surface area contributed by atoms with Gasteiger partial charge in [0.15, 0.2) is 0 Å². The van der Waals surface area contributed by atoms with Gasteiger partial charge in [0.2, 0.25) is 0 Å². The van der Waals surface area contributed by atoms with Crippen molar-refractivity contribution in [1.29, 1.82) is 0 Å². The van der Waals surface area contributed by atoms with Gasteiger partial charge in [-0.1, -0.05) is 5.16 Å². The third-order valence-electron chi connectivity index (χ3n) is 3.24. The van der Waals surface area contributed by atoms with Gasteiger partial charge in [-0.25, -0.2) is 0 Å². The molecule has 1 aromatic rings. The summed E-state index contributed by atoms with van der Waals surface area (Å²) in [6.07, 6.45) is 0.420. The Hall–Kier alpha value is -0.740. The molecule has 0 spiro atoms. The lowest BCUT2D eigenvalue weighted by molar-refractivity contribution is -0.151. The van der Waals surface area contributed by atoms with Crippen molar-refractivity contribution in [1.82, 2.24) is 5.16 Å². The summed E-state index contributed by atoms with van der Waals surface area (Å²) in [5.74, 6) is 0.266. The van der Waals surface area contributed by atoms with Crippen molar-refractivity contribution in [3.63, 3.8) is 0 Å². The third kappa shape index (κ3) is 2.04. The molecule has 1 fully saturated rings. The fraction of sp³-hybridized carbons (Fsp3) is 0.636. The predicted octanol–water partition coefficient (Wildman–Crippen LogP) is 2.92. The molecule has 1 aliphatic carbocycles. The van der Waals surface area contributed by atoms with Crippen LogP contribution >= 0.6 is 23.2 Å². The van der Waals surface area contributed by atoms with Crippen molar-refractivity contribution in [2.75, 3.05) is 0 Å². The lowest BCUT2D eigenvalue weighted by Crippen LogP contribution is -2.21. The van der Waals surface area contributed by atoms with Gasteiger partial charge in [0.25, 0.3) is 0 Å². The quantitative estimate of drug-likeness (QED) is 0.630. The maximum atomic E-state index is 11.8. The highest BCUT2D eigenvalue weighted by Crippen LogP contribution is 2.64. The standard InChI is InChI=1S/C11H13Cl2NO3/c1-6-8(7(2)17-14-6)4-16-9(15)10(3)5-11(10,12)13/h4-5H2,1-3H3. The monoisotopic (exact) mass is 277 g/mol. The number of esters is 1. The number of aryl methyl sites for hydroxylation is 2. The normalized spacial score (nSPS) is 25.7. The molecule has 94 valence electrons. The molecule has 0 N–H and O–H groups in total. The molecule has 0 radical (unpaired) electrons. The summed E-state index contributed by atoms with van der Waals surface area (Å²) in [7, 11) is 0. The second-order valence-corrected chi connectivity index (χ2v) is 6.08. The molecule has 1 aromatic heterocycles. The molecule has 6 heteroatoms. The number of carbonyl (C=O) groups is 1. The SMILES string of the molecule is Cc1noc(C)c1COC(=O)C1(C)CC1(Cl)Cl. The predicted molar refractivity (Wildman–Crippen MR) is 62.9 cm³/mol. The van der Waals surface area contributed by atoms with Gasteiger partial charge in [-0.2, -0.15) is 0 Å². The van der Waals surface area contributed by atoms with Gasteiger partial charge in [-0.3, -0.25) is 4.79 Å².